The third-order valence-corrected chi connectivity index (χ3v) is 4.26. The SMILES string of the molecule is Cc1ccc(OCCNC(=O)CSc2ccccc2F)c(C)c1. The van der Waals surface area contributed by atoms with Crippen molar-refractivity contribution in [1.82, 2.24) is 5.32 Å². The van der Waals surface area contributed by atoms with Crippen LogP contribution in [0.5, 0.6) is 5.75 Å². The molecule has 2 aromatic carbocycles. The average molecular weight is 333 g/mol. The molecule has 122 valence electrons. The van der Waals surface area contributed by atoms with Gasteiger partial charge in [0, 0.05) is 4.90 Å². The minimum Gasteiger partial charge on any atom is -0.491 e. The van der Waals surface area contributed by atoms with Crippen molar-refractivity contribution in [2.24, 2.45) is 0 Å². The van der Waals surface area contributed by atoms with E-state index in [0.717, 1.165) is 11.3 Å². The monoisotopic (exact) mass is 333 g/mol. The standard InChI is InChI=1S/C18H20FNO2S/c1-13-7-8-16(14(2)11-13)22-10-9-20-18(21)12-23-17-6-4-3-5-15(17)19/h3-8,11H,9-10,12H2,1-2H3,(H,20,21). The second kappa shape index (κ2) is 8.58. The van der Waals surface area contributed by atoms with Gasteiger partial charge in [-0.25, -0.2) is 4.39 Å². The predicted octanol–water partition coefficient (Wildman–Crippen LogP) is 3.73. The van der Waals surface area contributed by atoms with E-state index in [9.17, 15) is 9.18 Å². The number of rotatable bonds is 7. The largest absolute Gasteiger partial charge is 0.491 e. The molecule has 0 aliphatic carbocycles. The Morgan fingerprint density at radius 1 is 1.22 bits per heavy atom. The first kappa shape index (κ1) is 17.3. The molecule has 1 amide bonds. The van der Waals surface area contributed by atoms with Crippen molar-refractivity contribution in [3.8, 4) is 5.75 Å². The van der Waals surface area contributed by atoms with E-state index in [4.69, 9.17) is 4.74 Å². The van der Waals surface area contributed by atoms with Crippen LogP contribution in [-0.4, -0.2) is 24.8 Å². The Labute approximate surface area is 140 Å². The molecule has 0 saturated heterocycles. The molecule has 0 unspecified atom stereocenters. The van der Waals surface area contributed by atoms with Crippen LogP contribution < -0.4 is 10.1 Å². The van der Waals surface area contributed by atoms with Crippen molar-refractivity contribution < 1.29 is 13.9 Å². The molecule has 2 aromatic rings. The predicted molar refractivity (Wildman–Crippen MR) is 91.5 cm³/mol. The molecular weight excluding hydrogens is 313 g/mol. The Bertz CT molecular complexity index is 676. The maximum absolute atomic E-state index is 13.4. The minimum atomic E-state index is -0.302. The van der Waals surface area contributed by atoms with Gasteiger partial charge in [-0.15, -0.1) is 11.8 Å². The van der Waals surface area contributed by atoms with E-state index in [0.29, 0.717) is 18.0 Å². The highest BCUT2D eigenvalue weighted by Gasteiger charge is 2.06. The van der Waals surface area contributed by atoms with Crippen LogP contribution in [0.3, 0.4) is 0 Å². The molecular formula is C18H20FNO2S. The second-order valence-corrected chi connectivity index (χ2v) is 6.20. The molecule has 0 bridgehead atoms. The zero-order chi connectivity index (χ0) is 16.7. The van der Waals surface area contributed by atoms with E-state index in [-0.39, 0.29) is 17.5 Å². The molecule has 23 heavy (non-hydrogen) atoms. The van der Waals surface area contributed by atoms with Crippen molar-refractivity contribution in [3.05, 3.63) is 59.4 Å². The van der Waals surface area contributed by atoms with Gasteiger partial charge in [-0.3, -0.25) is 4.79 Å². The topological polar surface area (TPSA) is 38.3 Å². The number of amides is 1. The van der Waals surface area contributed by atoms with Crippen molar-refractivity contribution in [2.75, 3.05) is 18.9 Å². The summed E-state index contributed by atoms with van der Waals surface area (Å²) in [6.07, 6.45) is 0. The minimum absolute atomic E-state index is 0.137. The number of nitrogens with one attached hydrogen (secondary N) is 1. The fraction of sp³-hybridized carbons (Fsp3) is 0.278. The van der Waals surface area contributed by atoms with E-state index >= 15 is 0 Å². The van der Waals surface area contributed by atoms with Gasteiger partial charge in [0.1, 0.15) is 18.2 Å². The van der Waals surface area contributed by atoms with E-state index in [2.05, 4.69) is 11.4 Å². The lowest BCUT2D eigenvalue weighted by atomic mass is 10.1. The number of hydrogen-bond acceptors (Lipinski definition) is 3. The molecule has 0 aliphatic heterocycles. The van der Waals surface area contributed by atoms with Gasteiger partial charge in [-0.2, -0.15) is 0 Å². The van der Waals surface area contributed by atoms with E-state index in [1.54, 1.807) is 18.2 Å². The Morgan fingerprint density at radius 3 is 2.74 bits per heavy atom. The molecule has 0 radical (unpaired) electrons. The van der Waals surface area contributed by atoms with Crippen molar-refractivity contribution in [1.29, 1.82) is 0 Å². The molecule has 0 saturated carbocycles. The summed E-state index contributed by atoms with van der Waals surface area (Å²) >= 11 is 1.19. The van der Waals surface area contributed by atoms with Crippen LogP contribution in [0, 0.1) is 19.7 Å². The summed E-state index contributed by atoms with van der Waals surface area (Å²) in [7, 11) is 0. The fourth-order valence-corrected chi connectivity index (χ4v) is 2.84. The summed E-state index contributed by atoms with van der Waals surface area (Å²) in [6, 6.07) is 12.4. The number of benzene rings is 2. The van der Waals surface area contributed by atoms with Gasteiger partial charge >= 0.3 is 0 Å². The van der Waals surface area contributed by atoms with Gasteiger partial charge in [0.05, 0.1) is 12.3 Å². The number of carbonyl (C=O) groups is 1. The van der Waals surface area contributed by atoms with Crippen LogP contribution in [0.15, 0.2) is 47.4 Å². The smallest absolute Gasteiger partial charge is 0.230 e. The maximum Gasteiger partial charge on any atom is 0.230 e. The first-order valence-electron chi connectivity index (χ1n) is 7.40. The summed E-state index contributed by atoms with van der Waals surface area (Å²) in [5, 5.41) is 2.77. The average Bonchev–Trinajstić information content (AvgIpc) is 2.52. The van der Waals surface area contributed by atoms with Crippen LogP contribution in [0.4, 0.5) is 4.39 Å². The van der Waals surface area contributed by atoms with Gasteiger partial charge in [-0.05, 0) is 37.6 Å². The van der Waals surface area contributed by atoms with Crippen LogP contribution in [0.2, 0.25) is 0 Å². The first-order chi connectivity index (χ1) is 11.1. The van der Waals surface area contributed by atoms with E-state index in [1.807, 2.05) is 26.0 Å². The van der Waals surface area contributed by atoms with E-state index < -0.39 is 0 Å². The van der Waals surface area contributed by atoms with Gasteiger partial charge < -0.3 is 10.1 Å². The lowest BCUT2D eigenvalue weighted by Crippen LogP contribution is -2.29. The summed E-state index contributed by atoms with van der Waals surface area (Å²) in [5.41, 5.74) is 2.26. The normalized spacial score (nSPS) is 10.4. The Hall–Kier alpha value is -2.01. The number of halogens is 1. The van der Waals surface area contributed by atoms with Crippen molar-refractivity contribution in [3.63, 3.8) is 0 Å². The molecule has 0 aliphatic rings. The molecule has 0 fully saturated rings. The molecule has 5 heteroatoms. The lowest BCUT2D eigenvalue weighted by Gasteiger charge is -2.10. The van der Waals surface area contributed by atoms with Crippen LogP contribution in [0.25, 0.3) is 0 Å². The summed E-state index contributed by atoms with van der Waals surface area (Å²) in [5.74, 6) is 0.571. The highest BCUT2D eigenvalue weighted by Crippen LogP contribution is 2.20. The number of hydrogen-bond donors (Lipinski definition) is 1. The fourth-order valence-electron chi connectivity index (χ4n) is 2.07. The van der Waals surface area contributed by atoms with E-state index in [1.165, 1.54) is 23.4 Å². The molecule has 1 N–H and O–H groups in total. The summed E-state index contributed by atoms with van der Waals surface area (Å²) in [4.78, 5) is 12.2. The molecule has 2 rings (SSSR count). The molecule has 0 atom stereocenters. The van der Waals surface area contributed by atoms with Gasteiger partial charge in [-0.1, -0.05) is 29.8 Å². The third kappa shape index (κ3) is 5.60. The maximum atomic E-state index is 13.4. The van der Waals surface area contributed by atoms with Crippen molar-refractivity contribution >= 4 is 17.7 Å². The number of aryl methyl sites for hydroxylation is 2. The molecule has 0 heterocycles. The second-order valence-electron chi connectivity index (χ2n) is 5.19. The highest BCUT2D eigenvalue weighted by molar-refractivity contribution is 8.00. The Kier molecular flexibility index (Phi) is 6.47. The van der Waals surface area contributed by atoms with Gasteiger partial charge in [0.15, 0.2) is 0 Å². The molecule has 0 spiro atoms. The van der Waals surface area contributed by atoms with Gasteiger partial charge in [0.25, 0.3) is 0 Å². The number of carbonyl (C=O) groups excluding carboxylic acids is 1. The van der Waals surface area contributed by atoms with Crippen molar-refractivity contribution in [2.45, 2.75) is 18.7 Å². The van der Waals surface area contributed by atoms with Crippen LogP contribution in [-0.2, 0) is 4.79 Å². The number of ether oxygens (including phenoxy) is 1. The summed E-state index contributed by atoms with van der Waals surface area (Å²) < 4.78 is 19.1. The molecule has 3 nitrogen and oxygen atoms in total. The third-order valence-electron chi connectivity index (χ3n) is 3.21. The molecule has 0 aromatic heterocycles. The first-order valence-corrected chi connectivity index (χ1v) is 8.39. The highest BCUT2D eigenvalue weighted by atomic mass is 32.2. The number of thioether (sulfide) groups is 1. The quantitative estimate of drug-likeness (QED) is 0.620. The Morgan fingerprint density at radius 2 is 2.00 bits per heavy atom. The zero-order valence-corrected chi connectivity index (χ0v) is 14.1. The zero-order valence-electron chi connectivity index (χ0n) is 13.3. The summed E-state index contributed by atoms with van der Waals surface area (Å²) in [6.45, 7) is 4.85. The lowest BCUT2D eigenvalue weighted by molar-refractivity contribution is -0.118. The van der Waals surface area contributed by atoms with Crippen LogP contribution >= 0.6 is 11.8 Å². The van der Waals surface area contributed by atoms with Gasteiger partial charge in [0.2, 0.25) is 5.91 Å². The Balaban J connectivity index is 1.68. The van der Waals surface area contributed by atoms with Crippen LogP contribution in [0.1, 0.15) is 11.1 Å².